The van der Waals surface area contributed by atoms with E-state index in [4.69, 9.17) is 5.26 Å². The molecule has 0 radical (unpaired) electrons. The molecule has 1 aliphatic carbocycles. The third kappa shape index (κ3) is 3.91. The third-order valence-corrected chi connectivity index (χ3v) is 3.71. The van der Waals surface area contributed by atoms with Crippen LogP contribution < -0.4 is 5.46 Å². The van der Waals surface area contributed by atoms with E-state index in [1.54, 1.807) is 0 Å². The normalized spacial score (nSPS) is 15.2. The highest BCUT2D eigenvalue weighted by Gasteiger charge is 2.16. The second-order valence-corrected chi connectivity index (χ2v) is 4.85. The summed E-state index contributed by atoms with van der Waals surface area (Å²) in [5.41, 5.74) is 2.61. The van der Waals surface area contributed by atoms with E-state index in [1.807, 2.05) is 20.7 Å². The lowest BCUT2D eigenvalue weighted by molar-refractivity contribution is 0.443. The van der Waals surface area contributed by atoms with Gasteiger partial charge >= 0.3 is 0 Å². The van der Waals surface area contributed by atoms with Crippen molar-refractivity contribution in [2.45, 2.75) is 58.7 Å². The van der Waals surface area contributed by atoms with Crippen LogP contribution in [-0.4, -0.2) is 6.71 Å². The molecule has 2 rings (SSSR count). The second kappa shape index (κ2) is 7.98. The number of nitriles is 1. The number of hydrogen-bond donors (Lipinski definition) is 0. The molecule has 0 saturated heterocycles. The summed E-state index contributed by atoms with van der Waals surface area (Å²) in [6, 6.07) is 8.69. The summed E-state index contributed by atoms with van der Waals surface area (Å²) in [6.45, 7) is 5.97. The second-order valence-electron chi connectivity index (χ2n) is 4.85. The van der Waals surface area contributed by atoms with Crippen LogP contribution in [0.1, 0.15) is 57.4 Å². The van der Waals surface area contributed by atoms with E-state index in [-0.39, 0.29) is 6.71 Å². The predicted octanol–water partition coefficient (Wildman–Crippen LogP) is 4.15. The Hall–Kier alpha value is -1.23. The summed E-state index contributed by atoms with van der Waals surface area (Å²) >= 11 is 0. The lowest BCUT2D eigenvalue weighted by Gasteiger charge is -2.22. The van der Waals surface area contributed by atoms with Gasteiger partial charge in [0.25, 0.3) is 6.71 Å². The zero-order valence-electron chi connectivity index (χ0n) is 11.9. The van der Waals surface area contributed by atoms with E-state index < -0.39 is 0 Å². The zero-order chi connectivity index (χ0) is 13.4. The van der Waals surface area contributed by atoms with Crippen molar-refractivity contribution in [2.24, 2.45) is 0 Å². The maximum absolute atomic E-state index is 8.86. The Morgan fingerprint density at radius 1 is 1.06 bits per heavy atom. The molecule has 0 aromatic heterocycles. The van der Waals surface area contributed by atoms with E-state index in [0.29, 0.717) is 0 Å². The fourth-order valence-corrected chi connectivity index (χ4v) is 2.57. The van der Waals surface area contributed by atoms with Crippen LogP contribution in [0.3, 0.4) is 0 Å². The molecule has 0 amide bonds. The minimum absolute atomic E-state index is 0.0143. The molecule has 0 spiro atoms. The van der Waals surface area contributed by atoms with Crippen molar-refractivity contribution in [1.29, 1.82) is 5.26 Å². The van der Waals surface area contributed by atoms with Gasteiger partial charge in [-0.3, -0.25) is 0 Å². The summed E-state index contributed by atoms with van der Waals surface area (Å²) in [4.78, 5) is 0. The van der Waals surface area contributed by atoms with Crippen LogP contribution in [-0.2, 0) is 0 Å². The molecule has 1 nitrogen and oxygen atoms in total. The van der Waals surface area contributed by atoms with Crippen LogP contribution in [0.25, 0.3) is 0 Å². The van der Waals surface area contributed by atoms with Gasteiger partial charge in [-0.2, -0.15) is 0 Å². The smallest absolute Gasteiger partial charge is 0.212 e. The highest BCUT2D eigenvalue weighted by atomic mass is 14.2. The van der Waals surface area contributed by atoms with Crippen molar-refractivity contribution in [2.75, 3.05) is 0 Å². The molecule has 0 N–H and O–H groups in total. The van der Waals surface area contributed by atoms with Gasteiger partial charge in [0, 0.05) is 5.97 Å². The van der Waals surface area contributed by atoms with Crippen LogP contribution in [0.5, 0.6) is 0 Å². The van der Waals surface area contributed by atoms with Gasteiger partial charge in [-0.1, -0.05) is 69.7 Å². The van der Waals surface area contributed by atoms with Crippen molar-refractivity contribution in [3.63, 3.8) is 0 Å². The maximum atomic E-state index is 8.86. The van der Waals surface area contributed by atoms with Gasteiger partial charge in [-0.05, 0) is 24.3 Å². The van der Waals surface area contributed by atoms with E-state index in [2.05, 4.69) is 30.2 Å². The van der Waals surface area contributed by atoms with E-state index in [1.165, 1.54) is 37.7 Å². The molecular formula is C16H24BN. The van der Waals surface area contributed by atoms with Gasteiger partial charge in [0.15, 0.2) is 0 Å². The van der Waals surface area contributed by atoms with E-state index in [9.17, 15) is 0 Å². The van der Waals surface area contributed by atoms with Gasteiger partial charge < -0.3 is 0 Å². The zero-order valence-corrected chi connectivity index (χ0v) is 11.9. The molecule has 2 heteroatoms. The minimum Gasteiger partial charge on any atom is -0.212 e. The first-order chi connectivity index (χ1) is 8.81. The number of rotatable bonds is 2. The van der Waals surface area contributed by atoms with Crippen LogP contribution in [0.2, 0.25) is 6.82 Å². The van der Waals surface area contributed by atoms with Crippen LogP contribution in [0, 0.1) is 11.2 Å². The van der Waals surface area contributed by atoms with Crippen LogP contribution in [0.15, 0.2) is 24.3 Å². The Kier molecular flexibility index (Phi) is 6.58. The first-order valence-corrected chi connectivity index (χ1v) is 7.30. The molecule has 1 saturated carbocycles. The average Bonchev–Trinajstić information content (AvgIpc) is 2.49. The summed E-state index contributed by atoms with van der Waals surface area (Å²) in [6.07, 6.45) is 6.84. The Bertz CT molecular complexity index is 371. The Morgan fingerprint density at radius 3 is 2.11 bits per heavy atom. The SMILES string of the molecule is CB(C#N)c1ccc(C2CCCCC2)cc1.CC. The first kappa shape index (κ1) is 14.8. The van der Waals surface area contributed by atoms with Gasteiger partial charge in [-0.25, -0.2) is 5.26 Å². The summed E-state index contributed by atoms with van der Waals surface area (Å²) in [7, 11) is 0. The highest BCUT2D eigenvalue weighted by molar-refractivity contribution is 6.78. The van der Waals surface area contributed by atoms with Crippen molar-refractivity contribution in [1.82, 2.24) is 0 Å². The van der Waals surface area contributed by atoms with Crippen molar-refractivity contribution in [3.05, 3.63) is 29.8 Å². The monoisotopic (exact) mass is 241 g/mol. The molecule has 1 fully saturated rings. The van der Waals surface area contributed by atoms with Crippen molar-refractivity contribution in [3.8, 4) is 5.97 Å². The van der Waals surface area contributed by atoms with Crippen molar-refractivity contribution >= 4 is 12.2 Å². The fraction of sp³-hybridized carbons (Fsp3) is 0.562. The number of hydrogen-bond acceptors (Lipinski definition) is 1. The highest BCUT2D eigenvalue weighted by Crippen LogP contribution is 2.31. The molecule has 18 heavy (non-hydrogen) atoms. The Labute approximate surface area is 112 Å². The molecule has 0 atom stereocenters. The number of nitrogens with zero attached hydrogens (tertiary/aromatic N) is 1. The molecule has 1 aromatic carbocycles. The van der Waals surface area contributed by atoms with Gasteiger partial charge in [0.05, 0.1) is 0 Å². The summed E-state index contributed by atoms with van der Waals surface area (Å²) in [5, 5.41) is 8.86. The maximum Gasteiger partial charge on any atom is 0.297 e. The van der Waals surface area contributed by atoms with Crippen LogP contribution in [0.4, 0.5) is 0 Å². The lowest BCUT2D eigenvalue weighted by atomic mass is 9.49. The molecule has 0 unspecified atom stereocenters. The third-order valence-electron chi connectivity index (χ3n) is 3.71. The van der Waals surface area contributed by atoms with Crippen molar-refractivity contribution < 1.29 is 0 Å². The van der Waals surface area contributed by atoms with Gasteiger partial charge in [0.1, 0.15) is 0 Å². The lowest BCUT2D eigenvalue weighted by Crippen LogP contribution is -2.24. The Balaban J connectivity index is 0.000000771. The van der Waals surface area contributed by atoms with Gasteiger partial charge in [-0.15, -0.1) is 0 Å². The minimum atomic E-state index is 0.0143. The first-order valence-electron chi connectivity index (χ1n) is 7.30. The quantitative estimate of drug-likeness (QED) is 0.713. The molecule has 1 aliphatic rings. The summed E-state index contributed by atoms with van der Waals surface area (Å²) < 4.78 is 0. The summed E-state index contributed by atoms with van der Waals surface area (Å²) in [5.74, 6) is 3.04. The Morgan fingerprint density at radius 2 is 1.61 bits per heavy atom. The van der Waals surface area contributed by atoms with Gasteiger partial charge in [0.2, 0.25) is 0 Å². The van der Waals surface area contributed by atoms with Crippen LogP contribution >= 0.6 is 0 Å². The number of benzene rings is 1. The molecule has 96 valence electrons. The van der Waals surface area contributed by atoms with E-state index >= 15 is 0 Å². The largest absolute Gasteiger partial charge is 0.297 e. The van der Waals surface area contributed by atoms with E-state index in [0.717, 1.165) is 11.4 Å². The molecule has 0 aliphatic heterocycles. The molecule has 1 aromatic rings. The fourth-order valence-electron chi connectivity index (χ4n) is 2.57. The standard InChI is InChI=1S/C14H18BN.C2H6/c1-15(11-16)14-9-7-13(8-10-14)12-5-3-2-4-6-12;1-2/h7-10,12H,2-6H2,1H3;1-2H3. The predicted molar refractivity (Wildman–Crippen MR) is 80.5 cm³/mol. The molecule has 0 bridgehead atoms. The molecule has 0 heterocycles. The topological polar surface area (TPSA) is 23.8 Å². The molecular weight excluding hydrogens is 217 g/mol. The average molecular weight is 241 g/mol.